The highest BCUT2D eigenvalue weighted by Crippen LogP contribution is 2.32. The predicted octanol–water partition coefficient (Wildman–Crippen LogP) is 4.78. The summed E-state index contributed by atoms with van der Waals surface area (Å²) in [4.78, 5) is 12.6. The summed E-state index contributed by atoms with van der Waals surface area (Å²) in [6.07, 6.45) is 0. The van der Waals surface area contributed by atoms with Crippen LogP contribution in [0.5, 0.6) is 0 Å². The Balaban J connectivity index is 2.09. The van der Waals surface area contributed by atoms with Crippen molar-refractivity contribution in [2.75, 3.05) is 0 Å². The molecule has 0 bridgehead atoms. The molecule has 3 aromatic rings. The van der Waals surface area contributed by atoms with Gasteiger partial charge < -0.3 is 0 Å². The standard InChI is InChI=1S/C14H8F2OS2/c1-7-2-3-8(13(16)12(7)15)14(17)11-6-10-9(19-11)4-5-18-10/h2-6H,1H3. The van der Waals surface area contributed by atoms with E-state index < -0.39 is 17.4 Å². The van der Waals surface area contributed by atoms with Crippen molar-refractivity contribution in [2.24, 2.45) is 0 Å². The molecule has 0 unspecified atom stereocenters. The average molecular weight is 294 g/mol. The van der Waals surface area contributed by atoms with Crippen LogP contribution in [0.3, 0.4) is 0 Å². The number of thiophene rings is 2. The summed E-state index contributed by atoms with van der Waals surface area (Å²) in [7, 11) is 0. The van der Waals surface area contributed by atoms with Crippen molar-refractivity contribution in [2.45, 2.75) is 6.92 Å². The summed E-state index contributed by atoms with van der Waals surface area (Å²) in [5.74, 6) is -2.49. The van der Waals surface area contributed by atoms with Gasteiger partial charge >= 0.3 is 0 Å². The predicted molar refractivity (Wildman–Crippen MR) is 74.2 cm³/mol. The van der Waals surface area contributed by atoms with E-state index in [2.05, 4.69) is 0 Å². The van der Waals surface area contributed by atoms with E-state index in [1.165, 1.54) is 41.7 Å². The minimum atomic E-state index is -1.07. The zero-order chi connectivity index (χ0) is 13.6. The average Bonchev–Trinajstić information content (AvgIpc) is 2.96. The Hall–Kier alpha value is -1.59. The molecule has 2 heterocycles. The molecule has 0 atom stereocenters. The minimum absolute atomic E-state index is 0.196. The van der Waals surface area contributed by atoms with Crippen LogP contribution in [0.4, 0.5) is 8.78 Å². The third-order valence-electron chi connectivity index (χ3n) is 2.88. The molecule has 0 radical (unpaired) electrons. The van der Waals surface area contributed by atoms with Crippen LogP contribution in [0, 0.1) is 18.6 Å². The second-order valence-corrected chi connectivity index (χ2v) is 6.18. The molecule has 0 fully saturated rings. The van der Waals surface area contributed by atoms with E-state index in [0.717, 1.165) is 9.40 Å². The zero-order valence-corrected chi connectivity index (χ0v) is 11.5. The molecule has 0 amide bonds. The maximum absolute atomic E-state index is 13.8. The van der Waals surface area contributed by atoms with Gasteiger partial charge in [0.15, 0.2) is 11.6 Å². The van der Waals surface area contributed by atoms with Gasteiger partial charge in [0.05, 0.1) is 10.4 Å². The van der Waals surface area contributed by atoms with Gasteiger partial charge in [-0.1, -0.05) is 6.07 Å². The minimum Gasteiger partial charge on any atom is -0.288 e. The second-order valence-electron chi connectivity index (χ2n) is 4.15. The lowest BCUT2D eigenvalue weighted by Gasteiger charge is -2.03. The number of hydrogen-bond donors (Lipinski definition) is 0. The molecule has 0 N–H and O–H groups in total. The van der Waals surface area contributed by atoms with Gasteiger partial charge in [0.25, 0.3) is 0 Å². The number of halogens is 2. The van der Waals surface area contributed by atoms with Crippen LogP contribution in [0.2, 0.25) is 0 Å². The van der Waals surface area contributed by atoms with Crippen molar-refractivity contribution >= 4 is 37.9 Å². The van der Waals surface area contributed by atoms with Gasteiger partial charge in [0.1, 0.15) is 0 Å². The molecule has 0 spiro atoms. The van der Waals surface area contributed by atoms with Crippen LogP contribution in [0.25, 0.3) is 9.40 Å². The van der Waals surface area contributed by atoms with Crippen LogP contribution < -0.4 is 0 Å². The van der Waals surface area contributed by atoms with Gasteiger partial charge in [-0.3, -0.25) is 4.79 Å². The third kappa shape index (κ3) is 1.99. The van der Waals surface area contributed by atoms with E-state index in [-0.39, 0.29) is 11.1 Å². The highest BCUT2D eigenvalue weighted by Gasteiger charge is 2.20. The molecule has 0 aliphatic rings. The van der Waals surface area contributed by atoms with Crippen molar-refractivity contribution in [3.8, 4) is 0 Å². The summed E-state index contributed by atoms with van der Waals surface area (Å²) in [6, 6.07) is 6.39. The summed E-state index contributed by atoms with van der Waals surface area (Å²) in [6.45, 7) is 1.47. The first-order valence-electron chi connectivity index (χ1n) is 5.54. The Bertz CT molecular complexity index is 757. The second kappa shape index (κ2) is 4.51. The van der Waals surface area contributed by atoms with E-state index in [1.807, 2.05) is 11.4 Å². The largest absolute Gasteiger partial charge is 0.288 e. The number of rotatable bonds is 2. The summed E-state index contributed by atoms with van der Waals surface area (Å²) < 4.78 is 29.3. The topological polar surface area (TPSA) is 17.1 Å². The van der Waals surface area contributed by atoms with Crippen molar-refractivity contribution in [1.82, 2.24) is 0 Å². The molecule has 5 heteroatoms. The Labute approximate surface area is 116 Å². The highest BCUT2D eigenvalue weighted by molar-refractivity contribution is 7.28. The zero-order valence-electron chi connectivity index (χ0n) is 9.87. The van der Waals surface area contributed by atoms with Crippen molar-refractivity contribution in [1.29, 1.82) is 0 Å². The fourth-order valence-corrected chi connectivity index (χ4v) is 3.89. The smallest absolute Gasteiger partial charge is 0.206 e. The van der Waals surface area contributed by atoms with Gasteiger partial charge in [-0.2, -0.15) is 0 Å². The molecular formula is C14H8F2OS2. The monoisotopic (exact) mass is 294 g/mol. The molecule has 1 aromatic carbocycles. The van der Waals surface area contributed by atoms with E-state index in [9.17, 15) is 13.6 Å². The quantitative estimate of drug-likeness (QED) is 0.622. The lowest BCUT2D eigenvalue weighted by Crippen LogP contribution is -2.05. The number of hydrogen-bond acceptors (Lipinski definition) is 3. The summed E-state index contributed by atoms with van der Waals surface area (Å²) in [5, 5.41) is 1.93. The lowest BCUT2D eigenvalue weighted by molar-refractivity contribution is 0.103. The molecule has 0 aliphatic heterocycles. The number of benzene rings is 1. The maximum atomic E-state index is 13.8. The molecule has 0 saturated heterocycles. The number of ketones is 1. The third-order valence-corrected chi connectivity index (χ3v) is 4.98. The van der Waals surface area contributed by atoms with E-state index in [0.29, 0.717) is 4.88 Å². The van der Waals surface area contributed by atoms with Crippen molar-refractivity contribution in [3.05, 3.63) is 57.3 Å². The number of aryl methyl sites for hydroxylation is 1. The molecular weight excluding hydrogens is 286 g/mol. The highest BCUT2D eigenvalue weighted by atomic mass is 32.1. The van der Waals surface area contributed by atoms with Crippen LogP contribution in [-0.4, -0.2) is 5.78 Å². The van der Waals surface area contributed by atoms with Crippen LogP contribution in [-0.2, 0) is 0 Å². The molecule has 1 nitrogen and oxygen atoms in total. The normalized spacial score (nSPS) is 11.1. The van der Waals surface area contributed by atoms with Gasteiger partial charge in [-0.05, 0) is 36.1 Å². The van der Waals surface area contributed by atoms with Gasteiger partial charge in [0, 0.05) is 9.40 Å². The van der Waals surface area contributed by atoms with Gasteiger partial charge in [-0.25, -0.2) is 8.78 Å². The van der Waals surface area contributed by atoms with Gasteiger partial charge in [0.2, 0.25) is 5.78 Å². The summed E-state index contributed by atoms with van der Waals surface area (Å²) in [5.41, 5.74) is -0.0155. The van der Waals surface area contributed by atoms with E-state index >= 15 is 0 Å². The van der Waals surface area contributed by atoms with Gasteiger partial charge in [-0.15, -0.1) is 22.7 Å². The fourth-order valence-electron chi connectivity index (χ4n) is 1.83. The molecule has 96 valence electrons. The molecule has 3 rings (SSSR count). The Morgan fingerprint density at radius 3 is 2.63 bits per heavy atom. The van der Waals surface area contributed by atoms with Crippen LogP contribution >= 0.6 is 22.7 Å². The van der Waals surface area contributed by atoms with E-state index in [1.54, 1.807) is 6.07 Å². The lowest BCUT2D eigenvalue weighted by atomic mass is 10.1. The molecule has 2 aromatic heterocycles. The summed E-state index contributed by atoms with van der Waals surface area (Å²) >= 11 is 2.82. The van der Waals surface area contributed by atoms with Crippen LogP contribution in [0.15, 0.2) is 29.6 Å². The SMILES string of the molecule is Cc1ccc(C(=O)c2cc3sccc3s2)c(F)c1F. The van der Waals surface area contributed by atoms with E-state index in [4.69, 9.17) is 0 Å². The molecule has 0 aliphatic carbocycles. The first kappa shape index (κ1) is 12.4. The number of fused-ring (bicyclic) bond motifs is 1. The number of carbonyl (C=O) groups excluding carboxylic acids is 1. The first-order valence-corrected chi connectivity index (χ1v) is 7.24. The fraction of sp³-hybridized carbons (Fsp3) is 0.0714. The Morgan fingerprint density at radius 1 is 1.11 bits per heavy atom. The number of carbonyl (C=O) groups is 1. The molecule has 19 heavy (non-hydrogen) atoms. The van der Waals surface area contributed by atoms with Crippen molar-refractivity contribution in [3.63, 3.8) is 0 Å². The Morgan fingerprint density at radius 2 is 1.89 bits per heavy atom. The Kier molecular flexibility index (Phi) is 2.95. The maximum Gasteiger partial charge on any atom is 0.206 e. The first-order chi connectivity index (χ1) is 9.08. The van der Waals surface area contributed by atoms with Crippen molar-refractivity contribution < 1.29 is 13.6 Å². The van der Waals surface area contributed by atoms with Crippen LogP contribution in [0.1, 0.15) is 20.8 Å². The molecule has 0 saturated carbocycles.